The van der Waals surface area contributed by atoms with Gasteiger partial charge in [-0.3, -0.25) is 9.69 Å². The van der Waals surface area contributed by atoms with E-state index in [-0.39, 0.29) is 11.7 Å². The van der Waals surface area contributed by atoms with E-state index in [1.807, 2.05) is 25.1 Å². The molecular formula is C21H24FN3OS2. The number of carbonyl (C=O) groups is 1. The number of halogens is 1. The number of hydrogen-bond donors (Lipinski definition) is 0. The van der Waals surface area contributed by atoms with Crippen LogP contribution in [0.4, 0.5) is 9.52 Å². The summed E-state index contributed by atoms with van der Waals surface area (Å²) >= 11 is 3.03. The first-order valence-electron chi connectivity index (χ1n) is 9.13. The van der Waals surface area contributed by atoms with Gasteiger partial charge >= 0.3 is 0 Å². The lowest BCUT2D eigenvalue weighted by molar-refractivity contribution is -0.118. The second-order valence-electron chi connectivity index (χ2n) is 6.84. The Morgan fingerprint density at radius 1 is 1.14 bits per heavy atom. The zero-order valence-electron chi connectivity index (χ0n) is 16.3. The molecule has 1 heterocycles. The summed E-state index contributed by atoms with van der Waals surface area (Å²) in [5.41, 5.74) is 1.55. The number of para-hydroxylation sites is 1. The highest BCUT2D eigenvalue weighted by molar-refractivity contribution is 7.99. The predicted molar refractivity (Wildman–Crippen MR) is 117 cm³/mol. The van der Waals surface area contributed by atoms with E-state index in [2.05, 4.69) is 36.2 Å². The van der Waals surface area contributed by atoms with E-state index in [4.69, 9.17) is 0 Å². The minimum absolute atomic E-state index is 0.0147. The lowest BCUT2D eigenvalue weighted by Gasteiger charge is -2.22. The number of fused-ring (bicyclic) bond motifs is 1. The van der Waals surface area contributed by atoms with E-state index in [0.717, 1.165) is 16.1 Å². The SMILES string of the molecule is Cc1ccc(SCCC(=O)N(CCN(C)C)c2nc3c(F)cccc3s2)cc1. The van der Waals surface area contributed by atoms with Crippen molar-refractivity contribution < 1.29 is 9.18 Å². The third kappa shape index (κ3) is 5.31. The first kappa shape index (κ1) is 20.8. The fraction of sp³-hybridized carbons (Fsp3) is 0.333. The van der Waals surface area contributed by atoms with Crippen LogP contribution in [0.15, 0.2) is 47.4 Å². The summed E-state index contributed by atoms with van der Waals surface area (Å²) in [6.07, 6.45) is 0.407. The highest BCUT2D eigenvalue weighted by atomic mass is 32.2. The lowest BCUT2D eigenvalue weighted by atomic mass is 10.2. The molecule has 0 saturated heterocycles. The summed E-state index contributed by atoms with van der Waals surface area (Å²) in [5, 5.41) is 0.562. The molecule has 0 bridgehead atoms. The molecule has 3 aromatic rings. The normalized spacial score (nSPS) is 11.3. The summed E-state index contributed by atoms with van der Waals surface area (Å²) in [6.45, 7) is 3.30. The molecule has 0 aliphatic heterocycles. The van der Waals surface area contributed by atoms with Crippen LogP contribution < -0.4 is 4.90 Å². The number of carbonyl (C=O) groups excluding carboxylic acids is 1. The molecule has 0 atom stereocenters. The van der Waals surface area contributed by atoms with Gasteiger partial charge < -0.3 is 4.90 Å². The maximum Gasteiger partial charge on any atom is 0.229 e. The Balaban J connectivity index is 1.71. The number of hydrogen-bond acceptors (Lipinski definition) is 5. The fourth-order valence-corrected chi connectivity index (χ4v) is 4.54. The number of benzene rings is 2. The van der Waals surface area contributed by atoms with Crippen molar-refractivity contribution in [2.24, 2.45) is 0 Å². The van der Waals surface area contributed by atoms with Crippen molar-refractivity contribution in [1.82, 2.24) is 9.88 Å². The molecule has 4 nitrogen and oxygen atoms in total. The van der Waals surface area contributed by atoms with Gasteiger partial charge in [0.25, 0.3) is 0 Å². The topological polar surface area (TPSA) is 36.4 Å². The lowest BCUT2D eigenvalue weighted by Crippen LogP contribution is -2.36. The third-order valence-electron chi connectivity index (χ3n) is 4.27. The van der Waals surface area contributed by atoms with Gasteiger partial charge in [0, 0.05) is 30.2 Å². The predicted octanol–water partition coefficient (Wildman–Crippen LogP) is 4.82. The van der Waals surface area contributed by atoms with Gasteiger partial charge in [0.15, 0.2) is 5.13 Å². The van der Waals surface area contributed by atoms with E-state index in [1.54, 1.807) is 22.7 Å². The van der Waals surface area contributed by atoms with Crippen LogP contribution in [0, 0.1) is 12.7 Å². The molecule has 0 saturated carbocycles. The average molecular weight is 418 g/mol. The van der Waals surface area contributed by atoms with Crippen molar-refractivity contribution in [3.05, 3.63) is 53.8 Å². The number of thiazole rings is 1. The first-order chi connectivity index (χ1) is 13.4. The molecule has 148 valence electrons. The van der Waals surface area contributed by atoms with Crippen molar-refractivity contribution in [3.63, 3.8) is 0 Å². The minimum Gasteiger partial charge on any atom is -0.308 e. The van der Waals surface area contributed by atoms with Crippen LogP contribution in [0.25, 0.3) is 10.2 Å². The first-order valence-corrected chi connectivity index (χ1v) is 10.9. The van der Waals surface area contributed by atoms with Gasteiger partial charge in [-0.15, -0.1) is 11.8 Å². The maximum absolute atomic E-state index is 14.0. The quantitative estimate of drug-likeness (QED) is 0.492. The number of nitrogens with zero attached hydrogens (tertiary/aromatic N) is 3. The largest absolute Gasteiger partial charge is 0.308 e. The monoisotopic (exact) mass is 417 g/mol. The minimum atomic E-state index is -0.352. The second-order valence-corrected chi connectivity index (χ2v) is 9.02. The third-order valence-corrected chi connectivity index (χ3v) is 6.32. The molecule has 0 aliphatic rings. The number of anilines is 1. The van der Waals surface area contributed by atoms with Crippen LogP contribution in [0.5, 0.6) is 0 Å². The molecule has 0 unspecified atom stereocenters. The molecule has 7 heteroatoms. The van der Waals surface area contributed by atoms with Gasteiger partial charge in [-0.25, -0.2) is 9.37 Å². The van der Waals surface area contributed by atoms with E-state index >= 15 is 0 Å². The number of likely N-dealkylation sites (N-methyl/N-ethyl adjacent to an activating group) is 1. The summed E-state index contributed by atoms with van der Waals surface area (Å²) in [4.78, 5) is 22.2. The fourth-order valence-electron chi connectivity index (χ4n) is 2.67. The van der Waals surface area contributed by atoms with Crippen molar-refractivity contribution in [3.8, 4) is 0 Å². The Morgan fingerprint density at radius 3 is 2.57 bits per heavy atom. The Morgan fingerprint density at radius 2 is 1.89 bits per heavy atom. The highest BCUT2D eigenvalue weighted by Gasteiger charge is 2.20. The Hall–Kier alpha value is -1.96. The van der Waals surface area contributed by atoms with Crippen molar-refractivity contribution in [1.29, 1.82) is 0 Å². The second kappa shape index (κ2) is 9.49. The summed E-state index contributed by atoms with van der Waals surface area (Å²) in [6, 6.07) is 13.2. The molecule has 0 spiro atoms. The number of aromatic nitrogens is 1. The molecular weight excluding hydrogens is 393 g/mol. The van der Waals surface area contributed by atoms with Crippen molar-refractivity contribution in [2.45, 2.75) is 18.2 Å². The number of amides is 1. The summed E-state index contributed by atoms with van der Waals surface area (Å²) in [5.74, 6) is 0.357. The van der Waals surface area contributed by atoms with E-state index in [9.17, 15) is 9.18 Å². The average Bonchev–Trinajstić information content (AvgIpc) is 3.08. The molecule has 1 aromatic heterocycles. The van der Waals surface area contributed by atoms with Crippen molar-refractivity contribution >= 4 is 44.4 Å². The van der Waals surface area contributed by atoms with Gasteiger partial charge in [0.1, 0.15) is 11.3 Å². The number of rotatable bonds is 8. The molecule has 1 amide bonds. The molecule has 3 rings (SSSR count). The van der Waals surface area contributed by atoms with Gasteiger partial charge in [-0.2, -0.15) is 0 Å². The number of aryl methyl sites for hydroxylation is 1. The van der Waals surface area contributed by atoms with E-state index < -0.39 is 0 Å². The van der Waals surface area contributed by atoms with Crippen LogP contribution in [0.2, 0.25) is 0 Å². The zero-order chi connectivity index (χ0) is 20.1. The smallest absolute Gasteiger partial charge is 0.229 e. The zero-order valence-corrected chi connectivity index (χ0v) is 17.9. The summed E-state index contributed by atoms with van der Waals surface area (Å²) in [7, 11) is 3.93. The molecule has 0 N–H and O–H groups in total. The molecule has 0 radical (unpaired) electrons. The number of thioether (sulfide) groups is 1. The van der Waals surface area contributed by atoms with Crippen LogP contribution in [0.1, 0.15) is 12.0 Å². The van der Waals surface area contributed by atoms with E-state index in [0.29, 0.717) is 29.4 Å². The Labute approximate surface area is 173 Å². The molecule has 0 aliphatic carbocycles. The Bertz CT molecular complexity index is 940. The van der Waals surface area contributed by atoms with Gasteiger partial charge in [-0.1, -0.05) is 35.1 Å². The Kier molecular flexibility index (Phi) is 7.04. The molecule has 0 fully saturated rings. The van der Waals surface area contributed by atoms with Gasteiger partial charge in [0.2, 0.25) is 5.91 Å². The van der Waals surface area contributed by atoms with Crippen LogP contribution in [-0.2, 0) is 4.79 Å². The molecule has 28 heavy (non-hydrogen) atoms. The van der Waals surface area contributed by atoms with E-state index in [1.165, 1.54) is 23.0 Å². The van der Waals surface area contributed by atoms with Gasteiger partial charge in [0.05, 0.1) is 4.70 Å². The standard InChI is InChI=1S/C21H24FN3OS2/c1-15-7-9-16(10-8-15)27-14-11-19(26)25(13-12-24(2)3)21-23-20-17(22)5-4-6-18(20)28-21/h4-10H,11-14H2,1-3H3. The highest BCUT2D eigenvalue weighted by Crippen LogP contribution is 2.31. The summed E-state index contributed by atoms with van der Waals surface area (Å²) < 4.78 is 14.8. The maximum atomic E-state index is 14.0. The van der Waals surface area contributed by atoms with Crippen LogP contribution in [-0.4, -0.2) is 48.7 Å². The van der Waals surface area contributed by atoms with Crippen molar-refractivity contribution in [2.75, 3.05) is 37.8 Å². The molecule has 2 aromatic carbocycles. The van der Waals surface area contributed by atoms with Gasteiger partial charge in [-0.05, 0) is 45.3 Å². The van der Waals surface area contributed by atoms with Crippen LogP contribution in [0.3, 0.4) is 0 Å². The van der Waals surface area contributed by atoms with Crippen LogP contribution >= 0.6 is 23.1 Å².